The van der Waals surface area contributed by atoms with E-state index in [1.807, 2.05) is 0 Å². The Kier molecular flexibility index (Phi) is 23.6. The van der Waals surface area contributed by atoms with Crippen LogP contribution in [0.25, 0.3) is 0 Å². The third-order valence-electron chi connectivity index (χ3n) is 8.51. The van der Waals surface area contributed by atoms with Crippen molar-refractivity contribution in [1.82, 2.24) is 5.32 Å². The molecule has 0 heterocycles. The molecule has 0 radical (unpaired) electrons. The van der Waals surface area contributed by atoms with Crippen LogP contribution in [0.15, 0.2) is 36.4 Å². The molecule has 4 atom stereocenters. The Morgan fingerprint density at radius 1 is 0.889 bits per heavy atom. The molecule has 1 aromatic rings. The minimum Gasteiger partial charge on any atom is -0.481 e. The Hall–Kier alpha value is -4.70. The van der Waals surface area contributed by atoms with Crippen molar-refractivity contribution in [3.8, 4) is 17.6 Å². The molecule has 1 aromatic carbocycles. The Morgan fingerprint density at radius 2 is 1.52 bits per heavy atom. The van der Waals surface area contributed by atoms with Crippen LogP contribution in [0.4, 0.5) is 0 Å². The van der Waals surface area contributed by atoms with E-state index in [2.05, 4.69) is 24.1 Å². The third kappa shape index (κ3) is 18.9. The molecule has 0 fully saturated rings. The molecule has 0 spiro atoms. The van der Waals surface area contributed by atoms with Crippen molar-refractivity contribution in [2.24, 2.45) is 5.92 Å². The molecule has 0 aromatic heterocycles. The van der Waals surface area contributed by atoms with Gasteiger partial charge in [0.15, 0.2) is 5.60 Å². The van der Waals surface area contributed by atoms with Gasteiger partial charge in [-0.05, 0) is 50.3 Å². The number of allylic oxidation sites excluding steroid dienone is 1. The fourth-order valence-electron chi connectivity index (χ4n) is 5.54. The molecule has 13 nitrogen and oxygen atoms in total. The molecule has 0 aliphatic rings. The molecule has 0 aliphatic heterocycles. The lowest BCUT2D eigenvalue weighted by Crippen LogP contribution is -2.56. The summed E-state index contributed by atoms with van der Waals surface area (Å²) in [6, 6.07) is 5.47. The molecule has 1 rings (SSSR count). The number of amides is 1. The Morgan fingerprint density at radius 3 is 2.09 bits per heavy atom. The van der Waals surface area contributed by atoms with Crippen molar-refractivity contribution < 1.29 is 57.6 Å². The number of esters is 4. The molecule has 1 unspecified atom stereocenters. The number of hydrogen-bond donors (Lipinski definition) is 2. The average molecular weight is 758 g/mol. The molecule has 0 aliphatic carbocycles. The average Bonchev–Trinajstić information content (AvgIpc) is 3.13. The van der Waals surface area contributed by atoms with E-state index >= 15 is 0 Å². The highest BCUT2D eigenvalue weighted by Crippen LogP contribution is 2.28. The zero-order chi connectivity index (χ0) is 40.4. The van der Waals surface area contributed by atoms with Gasteiger partial charge < -0.3 is 34.1 Å². The number of Topliss-reactive ketones (excluding diaryl/α,β-unsaturated/α-hetero) is 1. The summed E-state index contributed by atoms with van der Waals surface area (Å²) < 4.78 is 25.2. The number of carbonyl (C=O) groups excluding carboxylic acids is 6. The smallest absolute Gasteiger partial charge is 0.342 e. The second-order valence-electron chi connectivity index (χ2n) is 13.0. The summed E-state index contributed by atoms with van der Waals surface area (Å²) in [6.45, 7) is 6.36. The zero-order valence-electron chi connectivity index (χ0n) is 32.7. The molecule has 0 bridgehead atoms. The van der Waals surface area contributed by atoms with Gasteiger partial charge in [0.25, 0.3) is 0 Å². The summed E-state index contributed by atoms with van der Waals surface area (Å²) in [5.74, 6) is -0.463. The van der Waals surface area contributed by atoms with E-state index in [1.165, 1.54) is 19.4 Å². The van der Waals surface area contributed by atoms with Gasteiger partial charge in [-0.3, -0.25) is 19.2 Å². The van der Waals surface area contributed by atoms with Crippen LogP contribution < -0.4 is 10.1 Å². The van der Waals surface area contributed by atoms with Gasteiger partial charge in [-0.2, -0.15) is 0 Å². The van der Waals surface area contributed by atoms with Crippen LogP contribution in [0, 0.1) is 17.8 Å². The fraction of sp³-hybridized carbons (Fsp3) is 0.610. The summed E-state index contributed by atoms with van der Waals surface area (Å²) in [4.78, 5) is 76.6. The van der Waals surface area contributed by atoms with Gasteiger partial charge in [-0.25, -0.2) is 9.59 Å². The predicted octanol–water partition coefficient (Wildman–Crippen LogP) is 5.48. The minimum absolute atomic E-state index is 0.0331. The van der Waals surface area contributed by atoms with Gasteiger partial charge in [0.1, 0.15) is 24.2 Å². The lowest BCUT2D eigenvalue weighted by molar-refractivity contribution is -0.203. The summed E-state index contributed by atoms with van der Waals surface area (Å²) in [5, 5.41) is 14.4. The molecule has 0 saturated heterocycles. The van der Waals surface area contributed by atoms with Crippen molar-refractivity contribution in [2.45, 2.75) is 136 Å². The highest BCUT2D eigenvalue weighted by molar-refractivity contribution is 5.95. The Bertz CT molecular complexity index is 1430. The van der Waals surface area contributed by atoms with E-state index in [1.54, 1.807) is 37.3 Å². The normalized spacial score (nSPS) is 13.6. The topological polar surface area (TPSA) is 181 Å². The fourth-order valence-corrected chi connectivity index (χ4v) is 5.54. The van der Waals surface area contributed by atoms with Crippen molar-refractivity contribution in [3.63, 3.8) is 0 Å². The first-order valence-electron chi connectivity index (χ1n) is 18.7. The van der Waals surface area contributed by atoms with Crippen molar-refractivity contribution in [3.05, 3.63) is 42.0 Å². The first-order valence-corrected chi connectivity index (χ1v) is 18.7. The van der Waals surface area contributed by atoms with Crippen LogP contribution in [-0.2, 0) is 54.1 Å². The van der Waals surface area contributed by atoms with Crippen molar-refractivity contribution in [1.29, 1.82) is 0 Å². The van der Waals surface area contributed by atoms with Crippen LogP contribution in [0.3, 0.4) is 0 Å². The van der Waals surface area contributed by atoms with E-state index < -0.39 is 60.1 Å². The number of ketones is 1. The molecule has 13 heteroatoms. The van der Waals surface area contributed by atoms with Gasteiger partial charge in [0.05, 0.1) is 26.6 Å². The number of unbranched alkanes of at least 4 members (excludes halogenated alkanes) is 8. The van der Waals surface area contributed by atoms with E-state index in [4.69, 9.17) is 23.7 Å². The highest BCUT2D eigenvalue weighted by atomic mass is 16.7. The standard InChI is InChI=1S/C41H59NO12/c1-7-9-11-14-17-20-33(44)21-18-15-12-13-16-19-22-35(41(49,29-37(45)50-5)40(48)54-31(4)53-30(3)43)38(46)42-36(39(47)51-6)28-32-23-25-34(26-24-32)52-27-10-8-2/h19,22-26,31,35-36,49H,7,9,11-18,20-21,27-29H2,1-6H3,(H,42,46)/b22-19+/t31-,35+,36-,41?/m0/s1. The van der Waals surface area contributed by atoms with Gasteiger partial charge in [0.2, 0.25) is 12.2 Å². The van der Waals surface area contributed by atoms with Crippen LogP contribution in [0.1, 0.15) is 117 Å². The van der Waals surface area contributed by atoms with Crippen molar-refractivity contribution in [2.75, 3.05) is 20.8 Å². The van der Waals surface area contributed by atoms with E-state index in [-0.39, 0.29) is 18.8 Å². The number of ether oxygens (including phenoxy) is 5. The second-order valence-corrected chi connectivity index (χ2v) is 13.0. The summed E-state index contributed by atoms with van der Waals surface area (Å²) >= 11 is 0. The maximum atomic E-state index is 14.0. The zero-order valence-corrected chi connectivity index (χ0v) is 32.7. The minimum atomic E-state index is -2.85. The summed E-state index contributed by atoms with van der Waals surface area (Å²) in [5.41, 5.74) is -2.22. The molecule has 2 N–H and O–H groups in total. The predicted molar refractivity (Wildman–Crippen MR) is 201 cm³/mol. The number of hydrogen-bond acceptors (Lipinski definition) is 12. The monoisotopic (exact) mass is 757 g/mol. The lowest BCUT2D eigenvalue weighted by atomic mass is 9.82. The summed E-state index contributed by atoms with van der Waals surface area (Å²) in [6.07, 6.45) is 10.5. The number of aliphatic hydroxyl groups is 1. The molecular formula is C41H59NO12. The first-order chi connectivity index (χ1) is 25.8. The van der Waals surface area contributed by atoms with Crippen LogP contribution in [-0.4, -0.2) is 79.4 Å². The molecule has 1 amide bonds. The molecule has 54 heavy (non-hydrogen) atoms. The van der Waals surface area contributed by atoms with Crippen molar-refractivity contribution >= 4 is 35.6 Å². The number of nitrogens with one attached hydrogen (secondary N) is 1. The van der Waals surface area contributed by atoms with E-state index in [0.29, 0.717) is 37.0 Å². The largest absolute Gasteiger partial charge is 0.481 e. The highest BCUT2D eigenvalue weighted by Gasteiger charge is 2.51. The molecule has 300 valence electrons. The quantitative estimate of drug-likeness (QED) is 0.0289. The Labute approximate surface area is 319 Å². The maximum Gasteiger partial charge on any atom is 0.342 e. The van der Waals surface area contributed by atoms with Crippen LogP contribution >= 0.6 is 0 Å². The SMILES string of the molecule is CC#CCOc1ccc(C[C@H](NC(=O)[C@@H](/C=C/CCCCCCC(=O)CCCCCCC)C(O)(CC(=O)OC)C(=O)O[C@@H](C)OC(C)=O)C(=O)OC)cc1. The van der Waals surface area contributed by atoms with Gasteiger partial charge in [0, 0.05) is 33.1 Å². The van der Waals surface area contributed by atoms with Crippen LogP contribution in [0.2, 0.25) is 0 Å². The van der Waals surface area contributed by atoms with E-state index in [9.17, 15) is 33.9 Å². The van der Waals surface area contributed by atoms with Gasteiger partial charge in [-0.15, -0.1) is 5.92 Å². The molecule has 0 saturated carbocycles. The number of rotatable bonds is 27. The third-order valence-corrected chi connectivity index (χ3v) is 8.51. The van der Waals surface area contributed by atoms with E-state index in [0.717, 1.165) is 66.1 Å². The molecular weight excluding hydrogens is 698 g/mol. The summed E-state index contributed by atoms with van der Waals surface area (Å²) in [7, 11) is 2.19. The van der Waals surface area contributed by atoms with Gasteiger partial charge >= 0.3 is 23.9 Å². The number of methoxy groups -OCH3 is 2. The number of benzene rings is 1. The Balaban J connectivity index is 3.20. The maximum absolute atomic E-state index is 14.0. The van der Waals surface area contributed by atoms with Gasteiger partial charge in [-0.1, -0.05) is 75.7 Å². The first kappa shape index (κ1) is 47.3. The second kappa shape index (κ2) is 27.0. The van der Waals surface area contributed by atoms with Crippen LogP contribution in [0.5, 0.6) is 5.75 Å². The number of carbonyl (C=O) groups is 6. The lowest BCUT2D eigenvalue weighted by Gasteiger charge is -2.32.